The summed E-state index contributed by atoms with van der Waals surface area (Å²) in [5, 5.41) is 19.4. The molecule has 0 saturated carbocycles. The van der Waals surface area contributed by atoms with Crippen LogP contribution in [0, 0.1) is 0 Å². The molecule has 10 heteroatoms. The summed E-state index contributed by atoms with van der Waals surface area (Å²) in [5.74, 6) is -0.0901. The number of aliphatic hydroxyl groups excluding tert-OH is 2. The average Bonchev–Trinajstić information content (AvgIpc) is 2.87. The van der Waals surface area contributed by atoms with E-state index in [1.54, 1.807) is 11.6 Å². The number of hydrogen-bond acceptors (Lipinski definition) is 7. The van der Waals surface area contributed by atoms with E-state index in [1.807, 2.05) is 0 Å². The summed E-state index contributed by atoms with van der Waals surface area (Å²) in [5.41, 5.74) is 5.66. The molecular formula is C9H14N4O4S2. The number of sulfonamides is 1. The van der Waals surface area contributed by atoms with E-state index < -0.39 is 10.0 Å². The van der Waals surface area contributed by atoms with Crippen molar-refractivity contribution in [3.63, 3.8) is 0 Å². The van der Waals surface area contributed by atoms with E-state index in [0.29, 0.717) is 4.96 Å². The zero-order chi connectivity index (χ0) is 14.0. The lowest BCUT2D eigenvalue weighted by atomic mass is 10.6. The summed E-state index contributed by atoms with van der Waals surface area (Å²) in [4.78, 5) is 4.45. The predicted molar refractivity (Wildman–Crippen MR) is 70.4 cm³/mol. The molecule has 0 spiro atoms. The molecule has 0 fully saturated rings. The standard InChI is InChI=1S/C9H14N4O4S2/c10-7-8(13-3-6-18-9(13)11-7)19(16,17)12(1-4-14)2-5-15/h3,6,14-15H,1-2,4-5,10H2. The fourth-order valence-electron chi connectivity index (χ4n) is 1.74. The smallest absolute Gasteiger partial charge is 0.263 e. The van der Waals surface area contributed by atoms with Crippen molar-refractivity contribution in [2.45, 2.75) is 5.03 Å². The summed E-state index contributed by atoms with van der Waals surface area (Å²) < 4.78 is 27.3. The molecule has 4 N–H and O–H groups in total. The zero-order valence-corrected chi connectivity index (χ0v) is 11.6. The first-order valence-corrected chi connectivity index (χ1v) is 7.77. The van der Waals surface area contributed by atoms with E-state index >= 15 is 0 Å². The molecule has 0 aliphatic heterocycles. The van der Waals surface area contributed by atoms with Crippen LogP contribution in [0.3, 0.4) is 0 Å². The predicted octanol–water partition coefficient (Wildman–Crippen LogP) is -1.05. The maximum absolute atomic E-state index is 12.5. The van der Waals surface area contributed by atoms with Crippen molar-refractivity contribution in [2.75, 3.05) is 32.0 Å². The summed E-state index contributed by atoms with van der Waals surface area (Å²) in [6.45, 7) is -0.908. The summed E-state index contributed by atoms with van der Waals surface area (Å²) in [6, 6.07) is 0. The van der Waals surface area contributed by atoms with Crippen molar-refractivity contribution in [1.29, 1.82) is 0 Å². The van der Waals surface area contributed by atoms with Crippen LogP contribution in [0.4, 0.5) is 5.82 Å². The largest absolute Gasteiger partial charge is 0.395 e. The van der Waals surface area contributed by atoms with Crippen molar-refractivity contribution in [2.24, 2.45) is 0 Å². The molecule has 0 aliphatic carbocycles. The molecule has 2 aromatic heterocycles. The van der Waals surface area contributed by atoms with Gasteiger partial charge in [-0.2, -0.15) is 4.31 Å². The van der Waals surface area contributed by atoms with Crippen molar-refractivity contribution in [1.82, 2.24) is 13.7 Å². The molecule has 0 radical (unpaired) electrons. The van der Waals surface area contributed by atoms with Crippen molar-refractivity contribution in [3.8, 4) is 0 Å². The normalized spacial score (nSPS) is 12.6. The Hall–Kier alpha value is -1.20. The topological polar surface area (TPSA) is 121 Å². The van der Waals surface area contributed by atoms with Gasteiger partial charge in [-0.1, -0.05) is 0 Å². The lowest BCUT2D eigenvalue weighted by Gasteiger charge is -2.19. The number of fused-ring (bicyclic) bond motifs is 1. The minimum absolute atomic E-state index is 0.0901. The number of nitrogen functional groups attached to an aromatic ring is 1. The molecule has 106 valence electrons. The number of thiazole rings is 1. The SMILES string of the molecule is Nc1nc2sccn2c1S(=O)(=O)N(CCO)CCO. The van der Waals surface area contributed by atoms with E-state index in [0.717, 1.165) is 4.31 Å². The molecule has 0 aliphatic rings. The third-order valence-corrected chi connectivity index (χ3v) is 5.22. The minimum atomic E-state index is -3.91. The quantitative estimate of drug-likeness (QED) is 0.626. The maximum Gasteiger partial charge on any atom is 0.263 e. The van der Waals surface area contributed by atoms with E-state index in [9.17, 15) is 8.42 Å². The first-order valence-electron chi connectivity index (χ1n) is 5.45. The van der Waals surface area contributed by atoms with E-state index in [-0.39, 0.29) is 37.1 Å². The van der Waals surface area contributed by atoms with Gasteiger partial charge in [0, 0.05) is 24.7 Å². The number of aliphatic hydroxyl groups is 2. The van der Waals surface area contributed by atoms with E-state index in [2.05, 4.69) is 4.98 Å². The molecule has 0 bridgehead atoms. The Morgan fingerprint density at radius 1 is 1.37 bits per heavy atom. The van der Waals surface area contributed by atoms with Gasteiger partial charge in [-0.25, -0.2) is 13.4 Å². The number of nitrogens with zero attached hydrogens (tertiary/aromatic N) is 3. The first kappa shape index (κ1) is 14.2. The number of rotatable bonds is 6. The lowest BCUT2D eigenvalue weighted by Crippen LogP contribution is -2.36. The second kappa shape index (κ2) is 5.43. The van der Waals surface area contributed by atoms with Gasteiger partial charge in [0.1, 0.15) is 0 Å². The van der Waals surface area contributed by atoms with Gasteiger partial charge in [-0.3, -0.25) is 4.40 Å². The third kappa shape index (κ3) is 2.44. The molecule has 0 saturated heterocycles. The van der Waals surface area contributed by atoms with Crippen molar-refractivity contribution in [3.05, 3.63) is 11.6 Å². The highest BCUT2D eigenvalue weighted by molar-refractivity contribution is 7.89. The highest BCUT2D eigenvalue weighted by Gasteiger charge is 2.30. The van der Waals surface area contributed by atoms with Gasteiger partial charge in [0.2, 0.25) is 0 Å². The van der Waals surface area contributed by atoms with Gasteiger partial charge in [0.05, 0.1) is 13.2 Å². The Balaban J connectivity index is 2.53. The second-order valence-corrected chi connectivity index (χ2v) is 6.44. The number of anilines is 1. The summed E-state index contributed by atoms with van der Waals surface area (Å²) in [6.07, 6.45) is 1.56. The van der Waals surface area contributed by atoms with E-state index in [4.69, 9.17) is 15.9 Å². The van der Waals surface area contributed by atoms with Crippen LogP contribution < -0.4 is 5.73 Å². The molecule has 0 amide bonds. The van der Waals surface area contributed by atoms with Gasteiger partial charge >= 0.3 is 0 Å². The Morgan fingerprint density at radius 2 is 2.00 bits per heavy atom. The molecule has 0 atom stereocenters. The number of hydrogen-bond donors (Lipinski definition) is 3. The lowest BCUT2D eigenvalue weighted by molar-refractivity contribution is 0.217. The number of imidazole rings is 1. The zero-order valence-electron chi connectivity index (χ0n) is 9.93. The Kier molecular flexibility index (Phi) is 4.06. The molecular weight excluding hydrogens is 292 g/mol. The monoisotopic (exact) mass is 306 g/mol. The molecule has 0 unspecified atom stereocenters. The van der Waals surface area contributed by atoms with Gasteiger partial charge in [-0.15, -0.1) is 11.3 Å². The molecule has 2 rings (SSSR count). The van der Waals surface area contributed by atoms with Crippen LogP contribution in [0.15, 0.2) is 16.6 Å². The molecule has 2 heterocycles. The van der Waals surface area contributed by atoms with Crippen LogP contribution in [0.25, 0.3) is 4.96 Å². The van der Waals surface area contributed by atoms with Crippen LogP contribution >= 0.6 is 11.3 Å². The van der Waals surface area contributed by atoms with Crippen molar-refractivity contribution < 1.29 is 18.6 Å². The van der Waals surface area contributed by atoms with E-state index in [1.165, 1.54) is 15.7 Å². The van der Waals surface area contributed by atoms with Gasteiger partial charge in [0.15, 0.2) is 15.8 Å². The Bertz CT molecular complexity index is 657. The minimum Gasteiger partial charge on any atom is -0.395 e. The summed E-state index contributed by atoms with van der Waals surface area (Å²) >= 11 is 1.27. The highest BCUT2D eigenvalue weighted by Crippen LogP contribution is 2.25. The van der Waals surface area contributed by atoms with Crippen LogP contribution in [0.1, 0.15) is 0 Å². The van der Waals surface area contributed by atoms with Crippen LogP contribution in [0.5, 0.6) is 0 Å². The van der Waals surface area contributed by atoms with Gasteiger partial charge in [0.25, 0.3) is 10.0 Å². The van der Waals surface area contributed by atoms with Crippen LogP contribution in [-0.2, 0) is 10.0 Å². The third-order valence-electron chi connectivity index (χ3n) is 2.53. The number of nitrogens with two attached hydrogens (primary N) is 1. The van der Waals surface area contributed by atoms with Gasteiger partial charge in [-0.05, 0) is 0 Å². The van der Waals surface area contributed by atoms with Gasteiger partial charge < -0.3 is 15.9 Å². The second-order valence-electron chi connectivity index (χ2n) is 3.71. The molecule has 19 heavy (non-hydrogen) atoms. The Labute approximate surface area is 113 Å². The molecule has 8 nitrogen and oxygen atoms in total. The Morgan fingerprint density at radius 3 is 2.58 bits per heavy atom. The first-order chi connectivity index (χ1) is 9.02. The molecule has 2 aromatic rings. The summed E-state index contributed by atoms with van der Waals surface area (Å²) in [7, 11) is -3.91. The van der Waals surface area contributed by atoms with Crippen LogP contribution in [-0.4, -0.2) is 58.6 Å². The average molecular weight is 306 g/mol. The molecule has 0 aromatic carbocycles. The number of aromatic nitrogens is 2. The fourth-order valence-corrected chi connectivity index (χ4v) is 4.11. The maximum atomic E-state index is 12.5. The van der Waals surface area contributed by atoms with Crippen LogP contribution in [0.2, 0.25) is 0 Å². The van der Waals surface area contributed by atoms with Crippen molar-refractivity contribution >= 4 is 32.1 Å². The fraction of sp³-hybridized carbons (Fsp3) is 0.444. The highest BCUT2D eigenvalue weighted by atomic mass is 32.2.